The van der Waals surface area contributed by atoms with Crippen molar-refractivity contribution in [3.8, 4) is 0 Å². The van der Waals surface area contributed by atoms with Crippen LogP contribution in [0.4, 0.5) is 5.69 Å². The molecule has 0 radical (unpaired) electrons. The van der Waals surface area contributed by atoms with E-state index in [1.54, 1.807) is 12.1 Å². The summed E-state index contributed by atoms with van der Waals surface area (Å²) in [6.45, 7) is 3.89. The Morgan fingerprint density at radius 1 is 1.19 bits per heavy atom. The minimum Gasteiger partial charge on any atom is -0.475 e. The first-order chi connectivity index (χ1) is 9.81. The number of nitrogens with one attached hydrogen (secondary N) is 1. The number of sulfonamides is 1. The SMILES string of the molecule is CC(C)c1ccccc1NS(=O)(=O)c1ccc(C(=O)O)o1. The van der Waals surface area contributed by atoms with Crippen LogP contribution in [0.25, 0.3) is 0 Å². The molecule has 0 unspecified atom stereocenters. The molecule has 0 saturated carbocycles. The fourth-order valence-corrected chi connectivity index (χ4v) is 2.89. The standard InChI is InChI=1S/C14H15NO5S/c1-9(2)10-5-3-4-6-11(10)15-21(18,19)13-8-7-12(20-13)14(16)17/h3-9,15H,1-2H3,(H,16,17). The van der Waals surface area contributed by atoms with Gasteiger partial charge < -0.3 is 9.52 Å². The van der Waals surface area contributed by atoms with Gasteiger partial charge in [-0.1, -0.05) is 32.0 Å². The molecule has 0 aliphatic rings. The summed E-state index contributed by atoms with van der Waals surface area (Å²) in [6, 6.07) is 9.23. The Morgan fingerprint density at radius 2 is 1.86 bits per heavy atom. The van der Waals surface area contributed by atoms with Crippen molar-refractivity contribution in [1.82, 2.24) is 0 Å². The van der Waals surface area contributed by atoms with Crippen LogP contribution in [-0.2, 0) is 10.0 Å². The molecule has 2 N–H and O–H groups in total. The molecule has 0 fully saturated rings. The number of hydrogen-bond donors (Lipinski definition) is 2. The summed E-state index contributed by atoms with van der Waals surface area (Å²) in [7, 11) is -3.96. The summed E-state index contributed by atoms with van der Waals surface area (Å²) < 4.78 is 31.7. The minimum atomic E-state index is -3.96. The number of carboxylic acids is 1. The quantitative estimate of drug-likeness (QED) is 0.885. The second-order valence-electron chi connectivity index (χ2n) is 4.77. The lowest BCUT2D eigenvalue weighted by atomic mass is 10.0. The van der Waals surface area contributed by atoms with Crippen molar-refractivity contribution in [3.63, 3.8) is 0 Å². The second kappa shape index (κ2) is 5.61. The summed E-state index contributed by atoms with van der Waals surface area (Å²) in [5.41, 5.74) is 1.28. The van der Waals surface area contributed by atoms with E-state index in [1.807, 2.05) is 26.0 Å². The van der Waals surface area contributed by atoms with Crippen molar-refractivity contribution < 1.29 is 22.7 Å². The van der Waals surface area contributed by atoms with Crippen molar-refractivity contribution >= 4 is 21.7 Å². The van der Waals surface area contributed by atoms with Crippen LogP contribution in [0.15, 0.2) is 45.9 Å². The Labute approximate surface area is 122 Å². The Hall–Kier alpha value is -2.28. The number of anilines is 1. The number of furan rings is 1. The van der Waals surface area contributed by atoms with Gasteiger partial charge in [0.2, 0.25) is 10.9 Å². The van der Waals surface area contributed by atoms with E-state index < -0.39 is 26.8 Å². The fourth-order valence-electron chi connectivity index (χ4n) is 1.87. The van der Waals surface area contributed by atoms with E-state index >= 15 is 0 Å². The van der Waals surface area contributed by atoms with Gasteiger partial charge in [-0.3, -0.25) is 4.72 Å². The van der Waals surface area contributed by atoms with Crippen molar-refractivity contribution in [1.29, 1.82) is 0 Å². The van der Waals surface area contributed by atoms with E-state index in [9.17, 15) is 13.2 Å². The second-order valence-corrected chi connectivity index (χ2v) is 6.38. The van der Waals surface area contributed by atoms with E-state index in [1.165, 1.54) is 0 Å². The lowest BCUT2D eigenvalue weighted by molar-refractivity contribution is 0.0656. The van der Waals surface area contributed by atoms with Gasteiger partial charge in [-0.2, -0.15) is 8.42 Å². The molecule has 112 valence electrons. The third-order valence-electron chi connectivity index (χ3n) is 2.88. The van der Waals surface area contributed by atoms with Gasteiger partial charge in [-0.05, 0) is 29.7 Å². The van der Waals surface area contributed by atoms with Gasteiger partial charge in [0.1, 0.15) is 0 Å². The molecule has 0 aliphatic heterocycles. The normalized spacial score (nSPS) is 11.6. The highest BCUT2D eigenvalue weighted by atomic mass is 32.2. The predicted octanol–water partition coefficient (Wildman–Crippen LogP) is 2.90. The van der Waals surface area contributed by atoms with Crippen LogP contribution in [0.5, 0.6) is 0 Å². The third-order valence-corrected chi connectivity index (χ3v) is 4.12. The Morgan fingerprint density at radius 3 is 2.43 bits per heavy atom. The van der Waals surface area contributed by atoms with Crippen molar-refractivity contribution in [2.75, 3.05) is 4.72 Å². The van der Waals surface area contributed by atoms with E-state index in [2.05, 4.69) is 4.72 Å². The van der Waals surface area contributed by atoms with E-state index in [-0.39, 0.29) is 5.92 Å². The molecule has 7 heteroatoms. The van der Waals surface area contributed by atoms with Crippen LogP contribution in [0.3, 0.4) is 0 Å². The Bertz CT molecular complexity index is 761. The maximum atomic E-state index is 12.2. The lowest BCUT2D eigenvalue weighted by Crippen LogP contribution is -2.14. The Kier molecular flexibility index (Phi) is 4.04. The predicted molar refractivity (Wildman–Crippen MR) is 77.0 cm³/mol. The summed E-state index contributed by atoms with van der Waals surface area (Å²) in [4.78, 5) is 10.7. The fraction of sp³-hybridized carbons (Fsp3) is 0.214. The molecule has 0 spiro atoms. The zero-order chi connectivity index (χ0) is 15.6. The summed E-state index contributed by atoms with van der Waals surface area (Å²) in [5.74, 6) is -1.61. The Balaban J connectivity index is 2.35. The van der Waals surface area contributed by atoms with E-state index in [0.29, 0.717) is 5.69 Å². The maximum absolute atomic E-state index is 12.2. The van der Waals surface area contributed by atoms with Crippen LogP contribution < -0.4 is 4.72 Å². The molecule has 1 aromatic carbocycles. The number of hydrogen-bond acceptors (Lipinski definition) is 4. The molecule has 0 bridgehead atoms. The molecule has 6 nitrogen and oxygen atoms in total. The molecule has 0 atom stereocenters. The largest absolute Gasteiger partial charge is 0.475 e. The number of carbonyl (C=O) groups is 1. The summed E-state index contributed by atoms with van der Waals surface area (Å²) in [5, 5.41) is 8.33. The van der Waals surface area contributed by atoms with Gasteiger partial charge in [0.25, 0.3) is 10.0 Å². The van der Waals surface area contributed by atoms with Gasteiger partial charge in [-0.15, -0.1) is 0 Å². The summed E-state index contributed by atoms with van der Waals surface area (Å²) in [6.07, 6.45) is 0. The van der Waals surface area contributed by atoms with E-state index in [4.69, 9.17) is 9.52 Å². The highest BCUT2D eigenvalue weighted by molar-refractivity contribution is 7.92. The molecule has 1 aromatic heterocycles. The summed E-state index contributed by atoms with van der Waals surface area (Å²) >= 11 is 0. The van der Waals surface area contributed by atoms with E-state index in [0.717, 1.165) is 17.7 Å². The number of benzene rings is 1. The molecule has 0 saturated heterocycles. The molecule has 2 aromatic rings. The average Bonchev–Trinajstić information content (AvgIpc) is 2.89. The lowest BCUT2D eigenvalue weighted by Gasteiger charge is -2.13. The number of para-hydroxylation sites is 1. The highest BCUT2D eigenvalue weighted by Crippen LogP contribution is 2.26. The number of rotatable bonds is 5. The van der Waals surface area contributed by atoms with Crippen molar-refractivity contribution in [2.24, 2.45) is 0 Å². The monoisotopic (exact) mass is 309 g/mol. The number of aromatic carboxylic acids is 1. The molecule has 0 amide bonds. The first-order valence-corrected chi connectivity index (χ1v) is 7.74. The van der Waals surface area contributed by atoms with Gasteiger partial charge in [0.05, 0.1) is 5.69 Å². The van der Waals surface area contributed by atoms with Gasteiger partial charge in [-0.25, -0.2) is 4.79 Å². The van der Waals surface area contributed by atoms with Crippen LogP contribution in [0.2, 0.25) is 0 Å². The molecule has 1 heterocycles. The molecule has 21 heavy (non-hydrogen) atoms. The first-order valence-electron chi connectivity index (χ1n) is 6.26. The smallest absolute Gasteiger partial charge is 0.371 e. The van der Waals surface area contributed by atoms with Crippen LogP contribution >= 0.6 is 0 Å². The van der Waals surface area contributed by atoms with Gasteiger partial charge >= 0.3 is 5.97 Å². The molecular weight excluding hydrogens is 294 g/mol. The molecule has 0 aliphatic carbocycles. The van der Waals surface area contributed by atoms with Gasteiger partial charge in [0, 0.05) is 0 Å². The number of carboxylic acid groups (broad SMARTS) is 1. The maximum Gasteiger partial charge on any atom is 0.371 e. The average molecular weight is 309 g/mol. The first kappa shape index (κ1) is 15.1. The third kappa shape index (κ3) is 3.25. The zero-order valence-corrected chi connectivity index (χ0v) is 12.3. The van der Waals surface area contributed by atoms with Gasteiger partial charge in [0.15, 0.2) is 0 Å². The van der Waals surface area contributed by atoms with Crippen molar-refractivity contribution in [2.45, 2.75) is 24.9 Å². The molecule has 2 rings (SSSR count). The van der Waals surface area contributed by atoms with Crippen LogP contribution in [-0.4, -0.2) is 19.5 Å². The highest BCUT2D eigenvalue weighted by Gasteiger charge is 2.22. The topological polar surface area (TPSA) is 96.6 Å². The van der Waals surface area contributed by atoms with Crippen LogP contribution in [0.1, 0.15) is 35.9 Å². The molecular formula is C14H15NO5S. The zero-order valence-electron chi connectivity index (χ0n) is 11.5. The minimum absolute atomic E-state index is 0.134. The van der Waals surface area contributed by atoms with Crippen LogP contribution in [0, 0.1) is 0 Å². The van der Waals surface area contributed by atoms with Crippen molar-refractivity contribution in [3.05, 3.63) is 47.7 Å².